The third-order valence-corrected chi connectivity index (χ3v) is 5.13. The minimum absolute atomic E-state index is 0.0292. The fraction of sp³-hybridized carbons (Fsp3) is 0.500. The van der Waals surface area contributed by atoms with E-state index in [1.807, 2.05) is 18.3 Å². The third kappa shape index (κ3) is 4.87. The van der Waals surface area contributed by atoms with E-state index in [0.29, 0.717) is 12.3 Å². The first kappa shape index (κ1) is 18.0. The fourth-order valence-electron chi connectivity index (χ4n) is 3.60. The Labute approximate surface area is 159 Å². The first-order chi connectivity index (χ1) is 13.3. The van der Waals surface area contributed by atoms with E-state index in [1.54, 1.807) is 0 Å². The van der Waals surface area contributed by atoms with Gasteiger partial charge in [0.05, 0.1) is 12.3 Å². The molecule has 1 saturated heterocycles. The van der Waals surface area contributed by atoms with Crippen LogP contribution in [0, 0.1) is 0 Å². The van der Waals surface area contributed by atoms with E-state index in [9.17, 15) is 4.79 Å². The summed E-state index contributed by atoms with van der Waals surface area (Å²) in [6.45, 7) is 4.24. The van der Waals surface area contributed by atoms with Gasteiger partial charge in [0.25, 0.3) is 5.91 Å². The number of benzene rings is 1. The van der Waals surface area contributed by atoms with Crippen LogP contribution < -0.4 is 10.1 Å². The van der Waals surface area contributed by atoms with Gasteiger partial charge >= 0.3 is 0 Å². The van der Waals surface area contributed by atoms with Crippen LogP contribution in [0.2, 0.25) is 0 Å². The number of carbonyl (C=O) groups is 1. The third-order valence-electron chi connectivity index (χ3n) is 5.13. The molecular weight excluding hydrogens is 344 g/mol. The second kappa shape index (κ2) is 8.54. The molecule has 0 bridgehead atoms. The number of rotatable bonds is 7. The predicted molar refractivity (Wildman–Crippen MR) is 100 cm³/mol. The zero-order valence-corrected chi connectivity index (χ0v) is 15.4. The van der Waals surface area contributed by atoms with Crippen molar-refractivity contribution in [3.05, 3.63) is 47.3 Å². The first-order valence-corrected chi connectivity index (χ1v) is 9.60. The SMILES string of the molecule is O=C(COc1ccc(CN2CCc3[nH]ncc3C2)cc1)NC[C@@H]1CCCO1. The second-order valence-electron chi connectivity index (χ2n) is 7.21. The molecule has 4 rings (SSSR count). The molecule has 2 N–H and O–H groups in total. The lowest BCUT2D eigenvalue weighted by molar-refractivity contribution is -0.123. The van der Waals surface area contributed by atoms with E-state index < -0.39 is 0 Å². The molecule has 2 aromatic rings. The zero-order valence-electron chi connectivity index (χ0n) is 15.4. The Morgan fingerprint density at radius 3 is 3.07 bits per heavy atom. The molecule has 0 spiro atoms. The maximum atomic E-state index is 11.9. The maximum Gasteiger partial charge on any atom is 0.258 e. The number of H-pyrrole nitrogens is 1. The Morgan fingerprint density at radius 1 is 1.37 bits per heavy atom. The first-order valence-electron chi connectivity index (χ1n) is 9.60. The van der Waals surface area contributed by atoms with E-state index in [1.165, 1.54) is 16.8 Å². The standard InChI is InChI=1S/C20H26N4O3/c25-20(21-11-18-2-1-9-26-18)14-27-17-5-3-15(4-6-17)12-24-8-7-19-16(13-24)10-22-23-19/h3-6,10,18H,1-2,7-9,11-14H2,(H,21,25)(H,22,23)/t18-/m0/s1. The number of amides is 1. The molecule has 2 aliphatic heterocycles. The van der Waals surface area contributed by atoms with Crippen molar-refractivity contribution in [1.29, 1.82) is 0 Å². The molecule has 0 radical (unpaired) electrons. The van der Waals surface area contributed by atoms with E-state index >= 15 is 0 Å². The average Bonchev–Trinajstić information content (AvgIpc) is 3.37. The van der Waals surface area contributed by atoms with Crippen molar-refractivity contribution < 1.29 is 14.3 Å². The highest BCUT2D eigenvalue weighted by Crippen LogP contribution is 2.19. The number of ether oxygens (including phenoxy) is 2. The molecule has 2 aliphatic rings. The molecule has 1 fully saturated rings. The lowest BCUT2D eigenvalue weighted by Crippen LogP contribution is -2.35. The second-order valence-corrected chi connectivity index (χ2v) is 7.21. The van der Waals surface area contributed by atoms with Gasteiger partial charge in [-0.1, -0.05) is 12.1 Å². The summed E-state index contributed by atoms with van der Waals surface area (Å²) < 4.78 is 11.1. The predicted octanol–water partition coefficient (Wildman–Crippen LogP) is 1.64. The molecule has 144 valence electrons. The van der Waals surface area contributed by atoms with Crippen LogP contribution in [0.4, 0.5) is 0 Å². The van der Waals surface area contributed by atoms with Crippen molar-refractivity contribution >= 4 is 5.91 Å². The van der Waals surface area contributed by atoms with Gasteiger partial charge in [0, 0.05) is 50.5 Å². The maximum absolute atomic E-state index is 11.9. The number of aromatic amines is 1. The number of hydrogen-bond donors (Lipinski definition) is 2. The van der Waals surface area contributed by atoms with Gasteiger partial charge in [-0.3, -0.25) is 14.8 Å². The number of aromatic nitrogens is 2. The van der Waals surface area contributed by atoms with Gasteiger partial charge in [-0.15, -0.1) is 0 Å². The van der Waals surface area contributed by atoms with Gasteiger partial charge in [0.15, 0.2) is 6.61 Å². The molecule has 1 atom stereocenters. The largest absolute Gasteiger partial charge is 0.484 e. The van der Waals surface area contributed by atoms with E-state index in [2.05, 4.69) is 32.5 Å². The van der Waals surface area contributed by atoms with Crippen LogP contribution in [-0.2, 0) is 29.0 Å². The number of fused-ring (bicyclic) bond motifs is 1. The Kier molecular flexibility index (Phi) is 5.69. The molecule has 1 amide bonds. The lowest BCUT2D eigenvalue weighted by Gasteiger charge is -2.26. The Hall–Kier alpha value is -2.38. The molecule has 1 aromatic heterocycles. The van der Waals surface area contributed by atoms with Crippen LogP contribution in [0.15, 0.2) is 30.5 Å². The van der Waals surface area contributed by atoms with Crippen LogP contribution in [0.3, 0.4) is 0 Å². The van der Waals surface area contributed by atoms with Gasteiger partial charge in [-0.2, -0.15) is 5.10 Å². The summed E-state index contributed by atoms with van der Waals surface area (Å²) in [4.78, 5) is 14.3. The van der Waals surface area contributed by atoms with Gasteiger partial charge < -0.3 is 14.8 Å². The molecule has 0 saturated carbocycles. The number of carbonyl (C=O) groups excluding carboxylic acids is 1. The Balaban J connectivity index is 1.20. The summed E-state index contributed by atoms with van der Waals surface area (Å²) in [5.74, 6) is 0.598. The molecule has 27 heavy (non-hydrogen) atoms. The van der Waals surface area contributed by atoms with E-state index in [4.69, 9.17) is 9.47 Å². The number of hydrogen-bond acceptors (Lipinski definition) is 5. The monoisotopic (exact) mass is 370 g/mol. The summed E-state index contributed by atoms with van der Waals surface area (Å²) in [6.07, 6.45) is 5.17. The summed E-state index contributed by atoms with van der Waals surface area (Å²) in [5, 5.41) is 10.0. The van der Waals surface area contributed by atoms with Crippen molar-refractivity contribution in [3.8, 4) is 5.75 Å². The van der Waals surface area contributed by atoms with Crippen molar-refractivity contribution in [3.63, 3.8) is 0 Å². The molecule has 0 aliphatic carbocycles. The summed E-state index contributed by atoms with van der Waals surface area (Å²) >= 11 is 0. The minimum atomic E-state index is -0.112. The zero-order chi connectivity index (χ0) is 18.5. The van der Waals surface area contributed by atoms with Crippen LogP contribution in [0.25, 0.3) is 0 Å². The Morgan fingerprint density at radius 2 is 2.26 bits per heavy atom. The summed E-state index contributed by atoms with van der Waals surface area (Å²) in [6, 6.07) is 7.97. The Bertz CT molecular complexity index is 753. The van der Waals surface area contributed by atoms with Gasteiger partial charge in [-0.25, -0.2) is 0 Å². The average molecular weight is 370 g/mol. The molecule has 3 heterocycles. The highest BCUT2D eigenvalue weighted by Gasteiger charge is 2.18. The van der Waals surface area contributed by atoms with E-state index in [0.717, 1.165) is 45.5 Å². The van der Waals surface area contributed by atoms with Crippen LogP contribution >= 0.6 is 0 Å². The number of nitrogens with zero attached hydrogens (tertiary/aromatic N) is 2. The fourth-order valence-corrected chi connectivity index (χ4v) is 3.60. The molecule has 7 heteroatoms. The summed E-state index contributed by atoms with van der Waals surface area (Å²) in [5.41, 5.74) is 3.78. The lowest BCUT2D eigenvalue weighted by atomic mass is 10.1. The normalized spacial score (nSPS) is 19.6. The smallest absolute Gasteiger partial charge is 0.258 e. The summed E-state index contributed by atoms with van der Waals surface area (Å²) in [7, 11) is 0. The molecule has 7 nitrogen and oxygen atoms in total. The van der Waals surface area contributed by atoms with Gasteiger partial charge in [0.2, 0.25) is 0 Å². The van der Waals surface area contributed by atoms with Crippen LogP contribution in [-0.4, -0.2) is 53.4 Å². The topological polar surface area (TPSA) is 79.5 Å². The van der Waals surface area contributed by atoms with Crippen molar-refractivity contribution in [2.24, 2.45) is 0 Å². The highest BCUT2D eigenvalue weighted by atomic mass is 16.5. The van der Waals surface area contributed by atoms with Crippen molar-refractivity contribution in [2.45, 2.75) is 38.5 Å². The van der Waals surface area contributed by atoms with Gasteiger partial charge in [-0.05, 0) is 30.5 Å². The molecule has 1 aromatic carbocycles. The van der Waals surface area contributed by atoms with Crippen molar-refractivity contribution in [1.82, 2.24) is 20.4 Å². The van der Waals surface area contributed by atoms with Crippen molar-refractivity contribution in [2.75, 3.05) is 26.3 Å². The quantitative estimate of drug-likeness (QED) is 0.775. The van der Waals surface area contributed by atoms with E-state index in [-0.39, 0.29) is 18.6 Å². The van der Waals surface area contributed by atoms with Crippen LogP contribution in [0.1, 0.15) is 29.7 Å². The molecular formula is C20H26N4O3. The highest BCUT2D eigenvalue weighted by molar-refractivity contribution is 5.77. The van der Waals surface area contributed by atoms with Crippen LogP contribution in [0.5, 0.6) is 5.75 Å². The molecule has 0 unspecified atom stereocenters. The van der Waals surface area contributed by atoms with Gasteiger partial charge in [0.1, 0.15) is 5.75 Å². The number of nitrogens with one attached hydrogen (secondary N) is 2. The minimum Gasteiger partial charge on any atom is -0.484 e.